The molecule has 17 heavy (non-hydrogen) atoms. The average Bonchev–Trinajstić information content (AvgIpc) is 2.94. The molecular weight excluding hydrogens is 214 g/mol. The Morgan fingerprint density at radius 3 is 3.12 bits per heavy atom. The molecule has 2 N–H and O–H groups in total. The lowest BCUT2D eigenvalue weighted by Gasteiger charge is -2.12. The Balaban J connectivity index is 1.99. The number of aromatic nitrogens is 3. The Bertz CT molecular complexity index is 533. The summed E-state index contributed by atoms with van der Waals surface area (Å²) in [7, 11) is 0. The topological polar surface area (TPSA) is 59.5 Å². The van der Waals surface area contributed by atoms with Crippen LogP contribution in [0.2, 0.25) is 0 Å². The molecule has 1 atom stereocenters. The smallest absolute Gasteiger partial charge is 0.183 e. The largest absolute Gasteiger partial charge is 0.396 e. The first kappa shape index (κ1) is 10.5. The maximum Gasteiger partial charge on any atom is 0.183 e. The van der Waals surface area contributed by atoms with Crippen molar-refractivity contribution in [2.24, 2.45) is 0 Å². The highest BCUT2D eigenvalue weighted by molar-refractivity contribution is 5.63. The first-order valence-corrected chi connectivity index (χ1v) is 6.11. The van der Waals surface area contributed by atoms with Crippen LogP contribution in [-0.4, -0.2) is 39.1 Å². The number of nitrogens with two attached hydrogens (primary N) is 1. The third kappa shape index (κ3) is 1.67. The average molecular weight is 231 g/mol. The molecule has 2 aromatic heterocycles. The number of fused-ring (bicyclic) bond motifs is 1. The molecule has 3 rings (SSSR count). The number of rotatable bonds is 2. The van der Waals surface area contributed by atoms with Crippen molar-refractivity contribution in [3.8, 4) is 0 Å². The van der Waals surface area contributed by atoms with Crippen LogP contribution in [0, 0.1) is 0 Å². The lowest BCUT2D eigenvalue weighted by atomic mass is 10.1. The van der Waals surface area contributed by atoms with E-state index in [0.29, 0.717) is 11.6 Å². The van der Waals surface area contributed by atoms with Crippen molar-refractivity contribution in [1.29, 1.82) is 0 Å². The van der Waals surface area contributed by atoms with E-state index < -0.39 is 0 Å². The van der Waals surface area contributed by atoms with E-state index in [0.717, 1.165) is 37.5 Å². The molecule has 1 fully saturated rings. The molecule has 3 heterocycles. The Morgan fingerprint density at radius 2 is 2.35 bits per heavy atom. The highest BCUT2D eigenvalue weighted by atomic mass is 15.3. The third-order valence-electron chi connectivity index (χ3n) is 3.58. The molecule has 0 bridgehead atoms. The number of likely N-dealkylation sites (tertiary alicyclic amines) is 1. The molecule has 1 aliphatic heterocycles. The maximum atomic E-state index is 5.89. The third-order valence-corrected chi connectivity index (χ3v) is 3.58. The summed E-state index contributed by atoms with van der Waals surface area (Å²) in [5, 5.41) is 8.50. The Labute approximate surface area is 100 Å². The summed E-state index contributed by atoms with van der Waals surface area (Å²) in [4.78, 5) is 2.44. The second kappa shape index (κ2) is 4.00. The second-order valence-corrected chi connectivity index (χ2v) is 4.59. The predicted molar refractivity (Wildman–Crippen MR) is 66.9 cm³/mol. The van der Waals surface area contributed by atoms with Crippen LogP contribution in [0.25, 0.3) is 5.65 Å². The van der Waals surface area contributed by atoms with E-state index in [1.54, 1.807) is 0 Å². The normalized spacial score (nSPS) is 21.4. The SMILES string of the molecule is CCN1CCC(c2nnc3c(N)cccn23)C1. The number of nitrogen functional groups attached to an aromatic ring is 1. The van der Waals surface area contributed by atoms with Gasteiger partial charge in [0.25, 0.3) is 0 Å². The van der Waals surface area contributed by atoms with Gasteiger partial charge < -0.3 is 10.6 Å². The molecule has 1 aliphatic rings. The second-order valence-electron chi connectivity index (χ2n) is 4.59. The number of hydrogen-bond donors (Lipinski definition) is 1. The molecule has 0 saturated carbocycles. The summed E-state index contributed by atoms with van der Waals surface area (Å²) in [6.07, 6.45) is 3.15. The van der Waals surface area contributed by atoms with Crippen LogP contribution in [0.4, 0.5) is 5.69 Å². The standard InChI is InChI=1S/C12H17N5/c1-2-16-7-5-9(8-16)11-14-15-12-10(13)4-3-6-17(11)12/h3-4,6,9H,2,5,7-8,13H2,1H3. The molecule has 2 aromatic rings. The first-order valence-electron chi connectivity index (χ1n) is 6.11. The van der Waals surface area contributed by atoms with Crippen molar-refractivity contribution in [3.63, 3.8) is 0 Å². The molecular formula is C12H17N5. The van der Waals surface area contributed by atoms with Crippen LogP contribution in [0.3, 0.4) is 0 Å². The number of likely N-dealkylation sites (N-methyl/N-ethyl adjacent to an activating group) is 1. The fraction of sp³-hybridized carbons (Fsp3) is 0.500. The number of hydrogen-bond acceptors (Lipinski definition) is 4. The predicted octanol–water partition coefficient (Wildman–Crippen LogP) is 1.12. The van der Waals surface area contributed by atoms with Gasteiger partial charge in [-0.25, -0.2) is 0 Å². The van der Waals surface area contributed by atoms with E-state index in [9.17, 15) is 0 Å². The molecule has 0 radical (unpaired) electrons. The minimum atomic E-state index is 0.478. The zero-order valence-corrected chi connectivity index (χ0v) is 10.0. The quantitative estimate of drug-likeness (QED) is 0.841. The Hall–Kier alpha value is -1.62. The van der Waals surface area contributed by atoms with Gasteiger partial charge in [-0.1, -0.05) is 6.92 Å². The van der Waals surface area contributed by atoms with Gasteiger partial charge in [-0.2, -0.15) is 0 Å². The molecule has 0 aliphatic carbocycles. The van der Waals surface area contributed by atoms with E-state index in [1.807, 2.05) is 22.7 Å². The summed E-state index contributed by atoms with van der Waals surface area (Å²) in [5.41, 5.74) is 7.35. The molecule has 0 aromatic carbocycles. The van der Waals surface area contributed by atoms with E-state index in [2.05, 4.69) is 22.0 Å². The highest BCUT2D eigenvalue weighted by Crippen LogP contribution is 2.26. The highest BCUT2D eigenvalue weighted by Gasteiger charge is 2.26. The maximum absolute atomic E-state index is 5.89. The van der Waals surface area contributed by atoms with Gasteiger partial charge in [-0.15, -0.1) is 10.2 Å². The molecule has 0 amide bonds. The lowest BCUT2D eigenvalue weighted by Crippen LogP contribution is -2.19. The van der Waals surface area contributed by atoms with Gasteiger partial charge in [0.05, 0.1) is 5.69 Å². The molecule has 5 nitrogen and oxygen atoms in total. The first-order chi connectivity index (χ1) is 8.29. The van der Waals surface area contributed by atoms with Crippen molar-refractivity contribution in [2.45, 2.75) is 19.3 Å². The van der Waals surface area contributed by atoms with Crippen LogP contribution in [0.15, 0.2) is 18.3 Å². The van der Waals surface area contributed by atoms with Gasteiger partial charge in [-0.3, -0.25) is 4.40 Å². The summed E-state index contributed by atoms with van der Waals surface area (Å²) >= 11 is 0. The van der Waals surface area contributed by atoms with E-state index >= 15 is 0 Å². The number of nitrogens with zero attached hydrogens (tertiary/aromatic N) is 4. The Kier molecular flexibility index (Phi) is 2.48. The number of anilines is 1. The summed E-state index contributed by atoms with van der Waals surface area (Å²) in [6.45, 7) is 5.53. The zero-order valence-electron chi connectivity index (χ0n) is 10.0. The zero-order chi connectivity index (χ0) is 11.8. The molecule has 90 valence electrons. The van der Waals surface area contributed by atoms with Crippen molar-refractivity contribution in [2.75, 3.05) is 25.4 Å². The van der Waals surface area contributed by atoms with Crippen molar-refractivity contribution < 1.29 is 0 Å². The Morgan fingerprint density at radius 1 is 1.47 bits per heavy atom. The van der Waals surface area contributed by atoms with Gasteiger partial charge in [0.1, 0.15) is 5.82 Å². The molecule has 1 unspecified atom stereocenters. The van der Waals surface area contributed by atoms with Gasteiger partial charge >= 0.3 is 0 Å². The van der Waals surface area contributed by atoms with Gasteiger partial charge in [-0.05, 0) is 31.6 Å². The summed E-state index contributed by atoms with van der Waals surface area (Å²) in [6, 6.07) is 3.81. The van der Waals surface area contributed by atoms with E-state index in [1.165, 1.54) is 0 Å². The molecule has 1 saturated heterocycles. The minimum absolute atomic E-state index is 0.478. The van der Waals surface area contributed by atoms with Gasteiger partial charge in [0.2, 0.25) is 0 Å². The van der Waals surface area contributed by atoms with Crippen LogP contribution in [0.5, 0.6) is 0 Å². The summed E-state index contributed by atoms with van der Waals surface area (Å²) < 4.78 is 2.03. The van der Waals surface area contributed by atoms with Crippen LogP contribution >= 0.6 is 0 Å². The van der Waals surface area contributed by atoms with Crippen molar-refractivity contribution >= 4 is 11.3 Å². The molecule has 0 spiro atoms. The van der Waals surface area contributed by atoms with E-state index in [-0.39, 0.29) is 0 Å². The van der Waals surface area contributed by atoms with E-state index in [4.69, 9.17) is 5.73 Å². The lowest BCUT2D eigenvalue weighted by molar-refractivity contribution is 0.352. The molecule has 5 heteroatoms. The van der Waals surface area contributed by atoms with Crippen LogP contribution < -0.4 is 5.73 Å². The van der Waals surface area contributed by atoms with Gasteiger partial charge in [0.15, 0.2) is 5.65 Å². The number of pyridine rings is 1. The summed E-state index contributed by atoms with van der Waals surface area (Å²) in [5.74, 6) is 1.52. The van der Waals surface area contributed by atoms with Gasteiger partial charge in [0, 0.05) is 18.7 Å². The minimum Gasteiger partial charge on any atom is -0.396 e. The van der Waals surface area contributed by atoms with Crippen LogP contribution in [-0.2, 0) is 0 Å². The van der Waals surface area contributed by atoms with Crippen LogP contribution in [0.1, 0.15) is 25.1 Å². The monoisotopic (exact) mass is 231 g/mol. The fourth-order valence-electron chi connectivity index (χ4n) is 2.56. The van der Waals surface area contributed by atoms with Crippen molar-refractivity contribution in [3.05, 3.63) is 24.2 Å². The fourth-order valence-corrected chi connectivity index (χ4v) is 2.56. The van der Waals surface area contributed by atoms with Crippen molar-refractivity contribution in [1.82, 2.24) is 19.5 Å².